The molecular weight excluding hydrogens is 244 g/mol. The third-order valence-corrected chi connectivity index (χ3v) is 4.33. The van der Waals surface area contributed by atoms with Gasteiger partial charge in [-0.15, -0.1) is 10.2 Å². The van der Waals surface area contributed by atoms with Crippen molar-refractivity contribution in [3.05, 3.63) is 11.6 Å². The number of carboxylic acid groups (broad SMARTS) is 1. The zero-order valence-electron chi connectivity index (χ0n) is 11.9. The van der Waals surface area contributed by atoms with Gasteiger partial charge in [0.1, 0.15) is 11.6 Å². The summed E-state index contributed by atoms with van der Waals surface area (Å²) in [6, 6.07) is 0. The Morgan fingerprint density at radius 1 is 1.47 bits per heavy atom. The largest absolute Gasteiger partial charge is 0.481 e. The Morgan fingerprint density at radius 3 is 2.74 bits per heavy atom. The van der Waals surface area contributed by atoms with Crippen molar-refractivity contribution in [1.29, 1.82) is 0 Å². The number of aromatic nitrogens is 3. The predicted molar refractivity (Wildman–Crippen MR) is 70.6 cm³/mol. The zero-order chi connectivity index (χ0) is 14.0. The van der Waals surface area contributed by atoms with E-state index >= 15 is 0 Å². The summed E-state index contributed by atoms with van der Waals surface area (Å²) in [7, 11) is 1.94. The molecule has 1 fully saturated rings. The van der Waals surface area contributed by atoms with Crippen LogP contribution in [0.15, 0.2) is 0 Å². The van der Waals surface area contributed by atoms with Gasteiger partial charge in [0.15, 0.2) is 0 Å². The smallest absolute Gasteiger partial charge is 0.310 e. The van der Waals surface area contributed by atoms with Crippen LogP contribution in [0.4, 0.5) is 0 Å². The van der Waals surface area contributed by atoms with Crippen molar-refractivity contribution in [2.75, 3.05) is 13.1 Å². The topological polar surface area (TPSA) is 71.2 Å². The maximum atomic E-state index is 11.5. The molecule has 1 unspecified atom stereocenters. The van der Waals surface area contributed by atoms with Gasteiger partial charge in [0.05, 0.1) is 12.0 Å². The number of piperidine rings is 1. The van der Waals surface area contributed by atoms with Crippen LogP contribution in [0.25, 0.3) is 0 Å². The molecule has 1 aromatic heterocycles. The Kier molecular flexibility index (Phi) is 3.89. The van der Waals surface area contributed by atoms with Crippen LogP contribution < -0.4 is 0 Å². The Balaban J connectivity index is 2.10. The number of aryl methyl sites for hydroxylation is 1. The summed E-state index contributed by atoms with van der Waals surface area (Å²) in [5, 5.41) is 17.7. The molecule has 0 aliphatic carbocycles. The molecule has 0 aromatic carbocycles. The summed E-state index contributed by atoms with van der Waals surface area (Å²) in [4.78, 5) is 13.7. The summed E-state index contributed by atoms with van der Waals surface area (Å²) in [6.45, 7) is 6.09. The Morgan fingerprint density at radius 2 is 2.21 bits per heavy atom. The molecule has 106 valence electrons. The molecule has 0 amide bonds. The average molecular weight is 266 g/mol. The molecule has 2 heterocycles. The molecular formula is C13H22N4O2. The summed E-state index contributed by atoms with van der Waals surface area (Å²) >= 11 is 0. The van der Waals surface area contributed by atoms with E-state index in [4.69, 9.17) is 0 Å². The van der Waals surface area contributed by atoms with E-state index in [0.29, 0.717) is 19.5 Å². The first-order valence-corrected chi connectivity index (χ1v) is 6.79. The van der Waals surface area contributed by atoms with Crippen LogP contribution in [0.5, 0.6) is 0 Å². The third kappa shape index (κ3) is 2.63. The second kappa shape index (κ2) is 5.28. The lowest BCUT2D eigenvalue weighted by molar-refractivity contribution is -0.153. The van der Waals surface area contributed by atoms with Crippen molar-refractivity contribution in [1.82, 2.24) is 19.7 Å². The third-order valence-electron chi connectivity index (χ3n) is 4.33. The Hall–Kier alpha value is -1.43. The quantitative estimate of drug-likeness (QED) is 0.886. The van der Waals surface area contributed by atoms with Crippen LogP contribution in [0.3, 0.4) is 0 Å². The standard InChI is InChI=1S/C13H22N4O2/c1-4-13(12(18)19)6-5-7-17(9-13)8-11-15-14-10(2)16(11)3/h4-9H2,1-3H3,(H,18,19). The minimum atomic E-state index is -0.672. The first-order valence-electron chi connectivity index (χ1n) is 6.79. The number of nitrogens with zero attached hydrogens (tertiary/aromatic N) is 4. The van der Waals surface area contributed by atoms with Crippen molar-refractivity contribution in [2.45, 2.75) is 39.7 Å². The number of hydrogen-bond acceptors (Lipinski definition) is 4. The second-order valence-corrected chi connectivity index (χ2v) is 5.48. The molecule has 1 N–H and O–H groups in total. The van der Waals surface area contributed by atoms with Crippen molar-refractivity contribution >= 4 is 5.97 Å². The minimum absolute atomic E-state index is 0.591. The van der Waals surface area contributed by atoms with Gasteiger partial charge in [0, 0.05) is 13.6 Å². The van der Waals surface area contributed by atoms with Crippen LogP contribution in [0.2, 0.25) is 0 Å². The molecule has 19 heavy (non-hydrogen) atoms. The first kappa shape index (κ1) is 14.0. The van der Waals surface area contributed by atoms with E-state index in [-0.39, 0.29) is 0 Å². The van der Waals surface area contributed by atoms with Gasteiger partial charge < -0.3 is 9.67 Å². The molecule has 2 rings (SSSR count). The molecule has 1 saturated heterocycles. The number of aliphatic carboxylic acids is 1. The highest BCUT2D eigenvalue weighted by Gasteiger charge is 2.40. The molecule has 0 bridgehead atoms. The fourth-order valence-electron chi connectivity index (χ4n) is 2.77. The maximum absolute atomic E-state index is 11.5. The molecule has 1 aromatic rings. The highest BCUT2D eigenvalue weighted by atomic mass is 16.4. The van der Waals surface area contributed by atoms with Crippen LogP contribution >= 0.6 is 0 Å². The van der Waals surface area contributed by atoms with Crippen LogP contribution in [0, 0.1) is 12.3 Å². The lowest BCUT2D eigenvalue weighted by atomic mass is 9.77. The normalized spacial score (nSPS) is 24.6. The number of hydrogen-bond donors (Lipinski definition) is 1. The van der Waals surface area contributed by atoms with E-state index in [0.717, 1.165) is 31.0 Å². The fourth-order valence-corrected chi connectivity index (χ4v) is 2.77. The molecule has 1 aliphatic heterocycles. The van der Waals surface area contributed by atoms with Gasteiger partial charge in [-0.05, 0) is 32.7 Å². The van der Waals surface area contributed by atoms with Crippen molar-refractivity contribution in [3.8, 4) is 0 Å². The summed E-state index contributed by atoms with van der Waals surface area (Å²) < 4.78 is 1.96. The van der Waals surface area contributed by atoms with Crippen molar-refractivity contribution in [2.24, 2.45) is 12.5 Å². The van der Waals surface area contributed by atoms with Crippen molar-refractivity contribution in [3.63, 3.8) is 0 Å². The van der Waals surface area contributed by atoms with Crippen LogP contribution in [0.1, 0.15) is 37.8 Å². The van der Waals surface area contributed by atoms with E-state index in [9.17, 15) is 9.90 Å². The minimum Gasteiger partial charge on any atom is -0.481 e. The van der Waals surface area contributed by atoms with Gasteiger partial charge in [-0.25, -0.2) is 0 Å². The molecule has 1 atom stereocenters. The van der Waals surface area contributed by atoms with E-state index in [1.807, 2.05) is 25.5 Å². The number of likely N-dealkylation sites (tertiary alicyclic amines) is 1. The number of carbonyl (C=O) groups is 1. The van der Waals surface area contributed by atoms with Gasteiger partial charge in [-0.1, -0.05) is 6.92 Å². The van der Waals surface area contributed by atoms with E-state index in [1.54, 1.807) is 0 Å². The highest BCUT2D eigenvalue weighted by Crippen LogP contribution is 2.34. The van der Waals surface area contributed by atoms with E-state index in [2.05, 4.69) is 15.1 Å². The molecule has 0 spiro atoms. The SMILES string of the molecule is CCC1(C(=O)O)CCCN(Cc2nnc(C)n2C)C1. The monoisotopic (exact) mass is 266 g/mol. The lowest BCUT2D eigenvalue weighted by Crippen LogP contribution is -2.47. The zero-order valence-corrected chi connectivity index (χ0v) is 11.9. The van der Waals surface area contributed by atoms with Gasteiger partial charge >= 0.3 is 5.97 Å². The molecule has 6 heteroatoms. The second-order valence-electron chi connectivity index (χ2n) is 5.48. The molecule has 6 nitrogen and oxygen atoms in total. The Labute approximate surface area is 113 Å². The molecule has 1 aliphatic rings. The van der Waals surface area contributed by atoms with Gasteiger partial charge in [-0.3, -0.25) is 9.69 Å². The summed E-state index contributed by atoms with van der Waals surface area (Å²) in [6.07, 6.45) is 2.38. The lowest BCUT2D eigenvalue weighted by Gasteiger charge is -2.39. The molecule has 0 saturated carbocycles. The fraction of sp³-hybridized carbons (Fsp3) is 0.769. The van der Waals surface area contributed by atoms with Gasteiger partial charge in [0.25, 0.3) is 0 Å². The van der Waals surface area contributed by atoms with Crippen LogP contribution in [-0.2, 0) is 18.4 Å². The average Bonchev–Trinajstić information content (AvgIpc) is 2.71. The van der Waals surface area contributed by atoms with Crippen LogP contribution in [-0.4, -0.2) is 43.8 Å². The Bertz CT molecular complexity index is 471. The maximum Gasteiger partial charge on any atom is 0.310 e. The van der Waals surface area contributed by atoms with Crippen molar-refractivity contribution < 1.29 is 9.90 Å². The summed E-state index contributed by atoms with van der Waals surface area (Å²) in [5.41, 5.74) is -0.591. The molecule has 0 radical (unpaired) electrons. The van der Waals surface area contributed by atoms with E-state index in [1.165, 1.54) is 0 Å². The van der Waals surface area contributed by atoms with Gasteiger partial charge in [-0.2, -0.15) is 0 Å². The highest BCUT2D eigenvalue weighted by molar-refractivity contribution is 5.75. The first-order chi connectivity index (χ1) is 8.98. The van der Waals surface area contributed by atoms with Gasteiger partial charge in [0.2, 0.25) is 0 Å². The van der Waals surface area contributed by atoms with E-state index < -0.39 is 11.4 Å². The predicted octanol–water partition coefficient (Wildman–Crippen LogP) is 1.20. The number of rotatable bonds is 4. The number of carboxylic acids is 1. The summed E-state index contributed by atoms with van der Waals surface area (Å²) in [5.74, 6) is 1.11.